The van der Waals surface area contributed by atoms with E-state index >= 15 is 0 Å². The lowest BCUT2D eigenvalue weighted by molar-refractivity contribution is -0.116. The van der Waals surface area contributed by atoms with E-state index < -0.39 is 0 Å². The molecule has 2 amide bonds. The highest BCUT2D eigenvalue weighted by Crippen LogP contribution is 2.35. The maximum Gasteiger partial charge on any atom is 0.277 e. The first kappa shape index (κ1) is 18.7. The topological polar surface area (TPSA) is 111 Å². The summed E-state index contributed by atoms with van der Waals surface area (Å²) in [6, 6.07) is 7.03. The van der Waals surface area contributed by atoms with Gasteiger partial charge >= 0.3 is 0 Å². The second-order valence-electron chi connectivity index (χ2n) is 6.86. The summed E-state index contributed by atoms with van der Waals surface area (Å²) in [5.74, 6) is 1.04. The molecule has 4 rings (SSSR count). The van der Waals surface area contributed by atoms with Gasteiger partial charge in [-0.05, 0) is 37.1 Å². The Morgan fingerprint density at radius 3 is 2.69 bits per heavy atom. The lowest BCUT2D eigenvalue weighted by Gasteiger charge is -2.21. The molecule has 0 radical (unpaired) electrons. The molecule has 3 aromatic rings. The van der Waals surface area contributed by atoms with Crippen molar-refractivity contribution < 1.29 is 18.7 Å². The summed E-state index contributed by atoms with van der Waals surface area (Å²) in [6.45, 7) is 0.0116. The molecule has 2 heterocycles. The standard InChI is InChI=1S/C20H21N5O4/c1-28-16-7-5-14(6-8-16)22-18(26)11-25-10-15(9-21-25)23-19(27)17-12-29-20(24-17)13-3-2-4-13/h5-10,12-13H,2-4,11H2,1H3,(H,22,26)(H,23,27). The normalized spacial score (nSPS) is 13.6. The van der Waals surface area contributed by atoms with Gasteiger partial charge in [0.1, 0.15) is 18.6 Å². The summed E-state index contributed by atoms with van der Waals surface area (Å²) >= 11 is 0. The van der Waals surface area contributed by atoms with Gasteiger partial charge in [0.15, 0.2) is 11.6 Å². The first-order valence-electron chi connectivity index (χ1n) is 9.34. The molecule has 150 valence electrons. The number of oxazole rings is 1. The molecular formula is C20H21N5O4. The number of benzene rings is 1. The first-order chi connectivity index (χ1) is 14.1. The minimum Gasteiger partial charge on any atom is -0.497 e. The van der Waals surface area contributed by atoms with Crippen molar-refractivity contribution in [2.45, 2.75) is 31.7 Å². The van der Waals surface area contributed by atoms with E-state index in [0.29, 0.717) is 28.9 Å². The molecular weight excluding hydrogens is 374 g/mol. The predicted octanol–water partition coefficient (Wildman–Crippen LogP) is 3.04. The number of amides is 2. The van der Waals surface area contributed by atoms with E-state index in [-0.39, 0.29) is 24.1 Å². The fourth-order valence-corrected chi connectivity index (χ4v) is 2.97. The highest BCUT2D eigenvalue weighted by atomic mass is 16.5. The van der Waals surface area contributed by atoms with Crippen molar-refractivity contribution in [3.63, 3.8) is 0 Å². The molecule has 0 saturated heterocycles. The van der Waals surface area contributed by atoms with Gasteiger partial charge in [0.2, 0.25) is 5.91 Å². The third-order valence-electron chi connectivity index (χ3n) is 4.78. The molecule has 1 saturated carbocycles. The van der Waals surface area contributed by atoms with Gasteiger partial charge in [-0.2, -0.15) is 5.10 Å². The maximum atomic E-state index is 12.3. The van der Waals surface area contributed by atoms with Crippen LogP contribution in [0.3, 0.4) is 0 Å². The summed E-state index contributed by atoms with van der Waals surface area (Å²) < 4.78 is 11.9. The number of methoxy groups -OCH3 is 1. The average molecular weight is 395 g/mol. The van der Waals surface area contributed by atoms with E-state index in [9.17, 15) is 9.59 Å². The second kappa shape index (κ2) is 8.17. The number of nitrogens with zero attached hydrogens (tertiary/aromatic N) is 3. The Kier molecular flexibility index (Phi) is 5.28. The Morgan fingerprint density at radius 2 is 2.00 bits per heavy atom. The zero-order valence-corrected chi connectivity index (χ0v) is 15.9. The number of nitrogens with one attached hydrogen (secondary N) is 2. The van der Waals surface area contributed by atoms with E-state index in [1.54, 1.807) is 37.6 Å². The van der Waals surface area contributed by atoms with E-state index in [1.165, 1.54) is 23.6 Å². The number of carbonyl (C=O) groups excluding carboxylic acids is 2. The molecule has 0 unspecified atom stereocenters. The van der Waals surface area contributed by atoms with Crippen LogP contribution in [0.25, 0.3) is 0 Å². The fraction of sp³-hybridized carbons (Fsp3) is 0.300. The third-order valence-corrected chi connectivity index (χ3v) is 4.78. The van der Waals surface area contributed by atoms with Crippen molar-refractivity contribution in [3.05, 3.63) is 54.5 Å². The van der Waals surface area contributed by atoms with Gasteiger partial charge in [-0.1, -0.05) is 6.42 Å². The smallest absolute Gasteiger partial charge is 0.277 e. The Balaban J connectivity index is 1.31. The number of anilines is 2. The fourth-order valence-electron chi connectivity index (χ4n) is 2.97. The van der Waals surface area contributed by atoms with E-state index in [0.717, 1.165) is 12.8 Å². The number of aromatic nitrogens is 3. The molecule has 29 heavy (non-hydrogen) atoms. The summed E-state index contributed by atoms with van der Waals surface area (Å²) in [5, 5.41) is 9.59. The first-order valence-corrected chi connectivity index (χ1v) is 9.34. The monoisotopic (exact) mass is 395 g/mol. The number of carbonyl (C=O) groups is 2. The van der Waals surface area contributed by atoms with E-state index in [1.807, 2.05) is 0 Å². The molecule has 2 aromatic heterocycles. The largest absolute Gasteiger partial charge is 0.497 e. The van der Waals surface area contributed by atoms with Crippen LogP contribution < -0.4 is 15.4 Å². The van der Waals surface area contributed by atoms with Crippen LogP contribution in [0.1, 0.15) is 41.6 Å². The Morgan fingerprint density at radius 1 is 1.21 bits per heavy atom. The van der Waals surface area contributed by atoms with Crippen LogP contribution in [-0.4, -0.2) is 33.7 Å². The lowest BCUT2D eigenvalue weighted by atomic mass is 9.85. The van der Waals surface area contributed by atoms with Crippen molar-refractivity contribution in [2.75, 3.05) is 17.7 Å². The quantitative estimate of drug-likeness (QED) is 0.636. The molecule has 9 heteroatoms. The van der Waals surface area contributed by atoms with Crippen molar-refractivity contribution in [2.24, 2.45) is 0 Å². The Bertz CT molecular complexity index is 1000. The van der Waals surface area contributed by atoms with Gasteiger partial charge in [0.05, 0.1) is 19.0 Å². The average Bonchev–Trinajstić information content (AvgIpc) is 3.31. The zero-order valence-electron chi connectivity index (χ0n) is 15.9. The van der Waals surface area contributed by atoms with Crippen molar-refractivity contribution in [3.8, 4) is 5.75 Å². The molecule has 1 aliphatic carbocycles. The van der Waals surface area contributed by atoms with Crippen LogP contribution in [-0.2, 0) is 11.3 Å². The van der Waals surface area contributed by atoms with Crippen molar-refractivity contribution >= 4 is 23.2 Å². The van der Waals surface area contributed by atoms with Gasteiger partial charge in [0.25, 0.3) is 5.91 Å². The van der Waals surface area contributed by atoms with E-state index in [4.69, 9.17) is 9.15 Å². The van der Waals surface area contributed by atoms with Crippen LogP contribution in [0.4, 0.5) is 11.4 Å². The number of ether oxygens (including phenoxy) is 1. The molecule has 9 nitrogen and oxygen atoms in total. The number of rotatable bonds is 7. The summed E-state index contributed by atoms with van der Waals surface area (Å²) in [7, 11) is 1.58. The highest BCUT2D eigenvalue weighted by molar-refractivity contribution is 6.02. The van der Waals surface area contributed by atoms with Gasteiger partial charge in [-0.3, -0.25) is 14.3 Å². The van der Waals surface area contributed by atoms with Gasteiger partial charge < -0.3 is 19.8 Å². The third kappa shape index (κ3) is 4.45. The summed E-state index contributed by atoms with van der Waals surface area (Å²) in [4.78, 5) is 28.8. The molecule has 1 fully saturated rings. The van der Waals surface area contributed by atoms with Crippen LogP contribution >= 0.6 is 0 Å². The summed E-state index contributed by atoms with van der Waals surface area (Å²) in [6.07, 6.45) is 7.69. The van der Waals surface area contributed by atoms with Gasteiger partial charge in [0, 0.05) is 17.8 Å². The number of hydrogen-bond donors (Lipinski definition) is 2. The zero-order chi connectivity index (χ0) is 20.2. The van der Waals surface area contributed by atoms with Crippen LogP contribution in [0.5, 0.6) is 5.75 Å². The predicted molar refractivity (Wildman–Crippen MR) is 105 cm³/mol. The maximum absolute atomic E-state index is 12.3. The molecule has 0 spiro atoms. The second-order valence-corrected chi connectivity index (χ2v) is 6.86. The highest BCUT2D eigenvalue weighted by Gasteiger charge is 2.25. The van der Waals surface area contributed by atoms with Gasteiger partial charge in [-0.25, -0.2) is 4.98 Å². The number of hydrogen-bond acceptors (Lipinski definition) is 6. The minimum absolute atomic E-state index is 0.0116. The summed E-state index contributed by atoms with van der Waals surface area (Å²) in [5.41, 5.74) is 1.36. The Labute approximate surface area is 167 Å². The van der Waals surface area contributed by atoms with Crippen molar-refractivity contribution in [1.82, 2.24) is 14.8 Å². The SMILES string of the molecule is COc1ccc(NC(=O)Cn2cc(NC(=O)c3coc(C4CCC4)n3)cn2)cc1. The van der Waals surface area contributed by atoms with Crippen LogP contribution in [0.2, 0.25) is 0 Å². The van der Waals surface area contributed by atoms with Crippen LogP contribution in [0, 0.1) is 0 Å². The molecule has 2 N–H and O–H groups in total. The van der Waals surface area contributed by atoms with Gasteiger partial charge in [-0.15, -0.1) is 0 Å². The molecule has 1 aromatic carbocycles. The molecule has 0 bridgehead atoms. The molecule has 0 atom stereocenters. The van der Waals surface area contributed by atoms with E-state index in [2.05, 4.69) is 20.7 Å². The molecule has 0 aliphatic heterocycles. The molecule has 1 aliphatic rings. The Hall–Kier alpha value is -3.62. The van der Waals surface area contributed by atoms with Crippen LogP contribution in [0.15, 0.2) is 47.3 Å². The minimum atomic E-state index is -0.374. The van der Waals surface area contributed by atoms with Crippen molar-refractivity contribution in [1.29, 1.82) is 0 Å². The lowest BCUT2D eigenvalue weighted by Crippen LogP contribution is -2.19.